The number of hydrogen-bond acceptors (Lipinski definition) is 5. The first-order valence-corrected chi connectivity index (χ1v) is 11.7. The molecule has 0 bridgehead atoms. The van der Waals surface area contributed by atoms with Crippen LogP contribution >= 0.6 is 11.8 Å². The van der Waals surface area contributed by atoms with Crippen molar-refractivity contribution < 1.29 is 9.53 Å². The molecule has 4 aromatic rings. The van der Waals surface area contributed by atoms with E-state index in [1.807, 2.05) is 66.7 Å². The number of fused-ring (bicyclic) bond motifs is 1. The number of para-hydroxylation sites is 2. The third kappa shape index (κ3) is 5.09. The second-order valence-corrected chi connectivity index (χ2v) is 8.39. The SMILES string of the molecule is CCc1ccc(-n2c(SCC(=O)NCc3ccccc3OC)nc3ccccc3c2=O)cc1. The highest BCUT2D eigenvalue weighted by Gasteiger charge is 2.15. The Kier molecular flexibility index (Phi) is 7.10. The standard InChI is InChI=1S/C26H25N3O3S/c1-3-18-12-14-20(15-13-18)29-25(31)21-9-5-6-10-22(21)28-26(29)33-17-24(30)27-16-19-8-4-7-11-23(19)32-2/h4-15H,3,16-17H2,1-2H3,(H,27,30). The monoisotopic (exact) mass is 459 g/mol. The second-order valence-electron chi connectivity index (χ2n) is 7.45. The van der Waals surface area contributed by atoms with Gasteiger partial charge >= 0.3 is 0 Å². The molecule has 0 atom stereocenters. The lowest BCUT2D eigenvalue weighted by Gasteiger charge is -2.14. The normalized spacial score (nSPS) is 10.8. The highest BCUT2D eigenvalue weighted by molar-refractivity contribution is 7.99. The molecule has 1 heterocycles. The zero-order chi connectivity index (χ0) is 23.2. The van der Waals surface area contributed by atoms with Crippen molar-refractivity contribution in [1.82, 2.24) is 14.9 Å². The van der Waals surface area contributed by atoms with E-state index < -0.39 is 0 Å². The molecule has 1 N–H and O–H groups in total. The van der Waals surface area contributed by atoms with Crippen LogP contribution in [0.2, 0.25) is 0 Å². The van der Waals surface area contributed by atoms with Crippen molar-refractivity contribution in [3.05, 3.63) is 94.3 Å². The summed E-state index contributed by atoms with van der Waals surface area (Å²) in [6.45, 7) is 2.45. The van der Waals surface area contributed by atoms with Crippen LogP contribution in [0.4, 0.5) is 0 Å². The number of nitrogens with one attached hydrogen (secondary N) is 1. The predicted octanol–water partition coefficient (Wildman–Crippen LogP) is 4.37. The van der Waals surface area contributed by atoms with E-state index in [2.05, 4.69) is 12.2 Å². The van der Waals surface area contributed by atoms with Crippen LogP contribution in [0.25, 0.3) is 16.6 Å². The molecule has 33 heavy (non-hydrogen) atoms. The molecule has 0 aliphatic heterocycles. The molecular weight excluding hydrogens is 434 g/mol. The molecule has 0 saturated carbocycles. The van der Waals surface area contributed by atoms with Crippen LogP contribution in [0.1, 0.15) is 18.1 Å². The van der Waals surface area contributed by atoms with Crippen LogP contribution in [0.3, 0.4) is 0 Å². The molecule has 6 nitrogen and oxygen atoms in total. The number of benzene rings is 3. The molecule has 0 saturated heterocycles. The van der Waals surface area contributed by atoms with Crippen molar-refractivity contribution in [1.29, 1.82) is 0 Å². The third-order valence-electron chi connectivity index (χ3n) is 5.35. The fourth-order valence-electron chi connectivity index (χ4n) is 3.54. The molecule has 7 heteroatoms. The molecule has 0 spiro atoms. The van der Waals surface area contributed by atoms with Crippen molar-refractivity contribution in [3.63, 3.8) is 0 Å². The van der Waals surface area contributed by atoms with Crippen LogP contribution in [0.5, 0.6) is 5.75 Å². The Bertz CT molecular complexity index is 1330. The smallest absolute Gasteiger partial charge is 0.266 e. The number of amides is 1. The lowest BCUT2D eigenvalue weighted by Crippen LogP contribution is -2.26. The minimum Gasteiger partial charge on any atom is -0.496 e. The average Bonchev–Trinajstić information content (AvgIpc) is 2.86. The third-order valence-corrected chi connectivity index (χ3v) is 6.29. The number of carbonyl (C=O) groups is 1. The molecule has 168 valence electrons. The van der Waals surface area contributed by atoms with Crippen LogP contribution < -0.4 is 15.6 Å². The van der Waals surface area contributed by atoms with Crippen LogP contribution in [0.15, 0.2) is 82.7 Å². The highest BCUT2D eigenvalue weighted by atomic mass is 32.2. The number of ether oxygens (including phenoxy) is 1. The molecule has 0 aliphatic rings. The lowest BCUT2D eigenvalue weighted by atomic mass is 10.1. The molecule has 0 radical (unpaired) electrons. The van der Waals surface area contributed by atoms with Crippen molar-refractivity contribution >= 4 is 28.6 Å². The Hall–Kier alpha value is -3.58. The van der Waals surface area contributed by atoms with Crippen LogP contribution in [-0.2, 0) is 17.8 Å². The molecule has 1 amide bonds. The lowest BCUT2D eigenvalue weighted by molar-refractivity contribution is -0.118. The number of aromatic nitrogens is 2. The van der Waals surface area contributed by atoms with E-state index >= 15 is 0 Å². The second kappa shape index (κ2) is 10.4. The Morgan fingerprint density at radius 3 is 2.52 bits per heavy atom. The van der Waals surface area contributed by atoms with E-state index in [0.29, 0.717) is 22.6 Å². The van der Waals surface area contributed by atoms with E-state index in [1.54, 1.807) is 17.7 Å². The summed E-state index contributed by atoms with van der Waals surface area (Å²) < 4.78 is 6.92. The zero-order valence-electron chi connectivity index (χ0n) is 18.6. The van der Waals surface area contributed by atoms with Gasteiger partial charge in [0.05, 0.1) is 29.5 Å². The minimum atomic E-state index is -0.152. The van der Waals surface area contributed by atoms with Crippen LogP contribution in [-0.4, -0.2) is 28.3 Å². The number of hydrogen-bond donors (Lipinski definition) is 1. The van der Waals surface area contributed by atoms with E-state index in [1.165, 1.54) is 17.3 Å². The zero-order valence-corrected chi connectivity index (χ0v) is 19.4. The van der Waals surface area contributed by atoms with Gasteiger partial charge in [-0.15, -0.1) is 0 Å². The van der Waals surface area contributed by atoms with Gasteiger partial charge in [-0.2, -0.15) is 0 Å². The number of methoxy groups -OCH3 is 1. The van der Waals surface area contributed by atoms with Gasteiger partial charge in [0.2, 0.25) is 5.91 Å². The van der Waals surface area contributed by atoms with Crippen molar-refractivity contribution in [2.75, 3.05) is 12.9 Å². The van der Waals surface area contributed by atoms with Crippen molar-refractivity contribution in [3.8, 4) is 11.4 Å². The van der Waals surface area contributed by atoms with E-state index in [0.717, 1.165) is 23.4 Å². The summed E-state index contributed by atoms with van der Waals surface area (Å²) in [5.74, 6) is 0.708. The van der Waals surface area contributed by atoms with Gasteiger partial charge in [-0.3, -0.25) is 14.2 Å². The molecule has 4 rings (SSSR count). The number of aryl methyl sites for hydroxylation is 1. The minimum absolute atomic E-state index is 0.132. The maximum atomic E-state index is 13.3. The molecular formula is C26H25N3O3S. The van der Waals surface area contributed by atoms with Gasteiger partial charge in [0.25, 0.3) is 5.56 Å². The van der Waals surface area contributed by atoms with Gasteiger partial charge in [-0.05, 0) is 42.3 Å². The highest BCUT2D eigenvalue weighted by Crippen LogP contribution is 2.22. The van der Waals surface area contributed by atoms with Gasteiger partial charge < -0.3 is 10.1 Å². The summed E-state index contributed by atoms with van der Waals surface area (Å²) in [7, 11) is 1.61. The van der Waals surface area contributed by atoms with Gasteiger partial charge in [-0.25, -0.2) is 4.98 Å². The quantitative estimate of drug-likeness (QED) is 0.313. The largest absolute Gasteiger partial charge is 0.496 e. The Balaban J connectivity index is 1.58. The summed E-state index contributed by atoms with van der Waals surface area (Å²) in [6.07, 6.45) is 0.916. The first-order chi connectivity index (χ1) is 16.1. The number of nitrogens with zero attached hydrogens (tertiary/aromatic N) is 2. The fraction of sp³-hybridized carbons (Fsp3) is 0.192. The summed E-state index contributed by atoms with van der Waals surface area (Å²) >= 11 is 1.24. The summed E-state index contributed by atoms with van der Waals surface area (Å²) in [5.41, 5.74) is 3.27. The van der Waals surface area contributed by atoms with Crippen LogP contribution in [0, 0.1) is 0 Å². The molecule has 0 unspecified atom stereocenters. The van der Waals surface area contributed by atoms with E-state index in [-0.39, 0.29) is 17.2 Å². The molecule has 0 aliphatic carbocycles. The Labute approximate surface area is 196 Å². The van der Waals surface area contributed by atoms with E-state index in [9.17, 15) is 9.59 Å². The van der Waals surface area contributed by atoms with Gasteiger partial charge in [-0.1, -0.05) is 61.2 Å². The van der Waals surface area contributed by atoms with Crippen molar-refractivity contribution in [2.24, 2.45) is 0 Å². The Morgan fingerprint density at radius 1 is 1.03 bits per heavy atom. The topological polar surface area (TPSA) is 73.2 Å². The number of thioether (sulfide) groups is 1. The summed E-state index contributed by atoms with van der Waals surface area (Å²) in [4.78, 5) is 30.6. The molecule has 1 aromatic heterocycles. The summed E-state index contributed by atoms with van der Waals surface area (Å²) in [6, 6.07) is 22.7. The van der Waals surface area contributed by atoms with Gasteiger partial charge in [0, 0.05) is 12.1 Å². The first-order valence-electron chi connectivity index (χ1n) is 10.7. The van der Waals surface area contributed by atoms with Gasteiger partial charge in [0.15, 0.2) is 5.16 Å². The first kappa shape index (κ1) is 22.6. The maximum absolute atomic E-state index is 13.3. The fourth-order valence-corrected chi connectivity index (χ4v) is 4.38. The van der Waals surface area contributed by atoms with Crippen molar-refractivity contribution in [2.45, 2.75) is 25.0 Å². The number of rotatable bonds is 8. The Morgan fingerprint density at radius 2 is 1.76 bits per heavy atom. The number of carbonyl (C=O) groups excluding carboxylic acids is 1. The predicted molar refractivity (Wildman–Crippen MR) is 132 cm³/mol. The summed E-state index contributed by atoms with van der Waals surface area (Å²) in [5, 5.41) is 3.94. The average molecular weight is 460 g/mol. The van der Waals surface area contributed by atoms with Gasteiger partial charge in [0.1, 0.15) is 5.75 Å². The molecule has 0 fully saturated rings. The molecule has 3 aromatic carbocycles. The maximum Gasteiger partial charge on any atom is 0.266 e. The van der Waals surface area contributed by atoms with E-state index in [4.69, 9.17) is 9.72 Å².